The first-order valence-corrected chi connectivity index (χ1v) is 8.79. The fourth-order valence-corrected chi connectivity index (χ4v) is 3.18. The molecule has 1 saturated heterocycles. The van der Waals surface area contributed by atoms with Gasteiger partial charge in [-0.1, -0.05) is 53.2 Å². The summed E-state index contributed by atoms with van der Waals surface area (Å²) in [6.07, 6.45) is 2.83. The highest BCUT2D eigenvalue weighted by Gasteiger charge is 2.28. The summed E-state index contributed by atoms with van der Waals surface area (Å²) in [5.74, 6) is 0. The van der Waals surface area contributed by atoms with Crippen LogP contribution in [0, 0.1) is 6.92 Å². The summed E-state index contributed by atoms with van der Waals surface area (Å²) in [7, 11) is 0. The molecule has 2 amide bonds. The van der Waals surface area contributed by atoms with Crippen LogP contribution in [0.2, 0.25) is 0 Å². The van der Waals surface area contributed by atoms with E-state index in [4.69, 9.17) is 0 Å². The van der Waals surface area contributed by atoms with Crippen molar-refractivity contribution in [3.05, 3.63) is 66.4 Å². The third-order valence-electron chi connectivity index (χ3n) is 4.71. The normalized spacial score (nSPS) is 16.7. The van der Waals surface area contributed by atoms with E-state index in [-0.39, 0.29) is 12.1 Å². The molecule has 4 rings (SSSR count). The zero-order valence-corrected chi connectivity index (χ0v) is 14.7. The number of carbonyl (C=O) groups excluding carboxylic acids is 1. The molecule has 0 aliphatic carbocycles. The number of hydrogen-bond donors (Lipinski definition) is 1. The average Bonchev–Trinajstić information content (AvgIpc) is 3.34. The predicted octanol–water partition coefficient (Wildman–Crippen LogP) is 3.73. The van der Waals surface area contributed by atoms with Crippen LogP contribution in [0.5, 0.6) is 0 Å². The van der Waals surface area contributed by atoms with Crippen molar-refractivity contribution in [2.24, 2.45) is 0 Å². The number of carbonyl (C=O) groups is 1. The minimum atomic E-state index is -0.0697. The van der Waals surface area contributed by atoms with Crippen LogP contribution in [0.15, 0.2) is 60.8 Å². The van der Waals surface area contributed by atoms with Gasteiger partial charge < -0.3 is 10.2 Å². The van der Waals surface area contributed by atoms with Gasteiger partial charge >= 0.3 is 6.03 Å². The number of benzene rings is 2. The van der Waals surface area contributed by atoms with Gasteiger partial charge in [0.05, 0.1) is 12.2 Å². The Morgan fingerprint density at radius 2 is 1.88 bits per heavy atom. The molecule has 1 fully saturated rings. The second-order valence-electron chi connectivity index (χ2n) is 6.63. The van der Waals surface area contributed by atoms with Crippen LogP contribution in [0.4, 0.5) is 10.5 Å². The highest BCUT2D eigenvalue weighted by Crippen LogP contribution is 2.24. The van der Waals surface area contributed by atoms with Crippen molar-refractivity contribution in [2.45, 2.75) is 19.4 Å². The molecule has 2 aromatic carbocycles. The largest absolute Gasteiger partial charge is 0.322 e. The molecule has 132 valence electrons. The third kappa shape index (κ3) is 3.44. The minimum absolute atomic E-state index is 0.0697. The molecular weight excluding hydrogens is 326 g/mol. The van der Waals surface area contributed by atoms with Crippen molar-refractivity contribution in [3.63, 3.8) is 0 Å². The zero-order valence-electron chi connectivity index (χ0n) is 14.7. The Kier molecular flexibility index (Phi) is 4.39. The molecule has 6 nitrogen and oxygen atoms in total. The van der Waals surface area contributed by atoms with Crippen LogP contribution in [0.25, 0.3) is 11.3 Å². The monoisotopic (exact) mass is 347 g/mol. The summed E-state index contributed by atoms with van der Waals surface area (Å²) in [4.78, 5) is 14.3. The molecule has 0 saturated carbocycles. The topological polar surface area (TPSA) is 63.1 Å². The molecule has 1 atom stereocenters. The van der Waals surface area contributed by atoms with Gasteiger partial charge in [0, 0.05) is 24.3 Å². The molecular formula is C20H21N5O. The highest BCUT2D eigenvalue weighted by molar-refractivity contribution is 5.89. The van der Waals surface area contributed by atoms with Crippen LogP contribution >= 0.6 is 0 Å². The molecule has 0 bridgehead atoms. The van der Waals surface area contributed by atoms with Gasteiger partial charge in [-0.2, -0.15) is 0 Å². The number of aromatic nitrogens is 3. The Balaban J connectivity index is 1.40. The number of anilines is 1. The summed E-state index contributed by atoms with van der Waals surface area (Å²) in [6, 6.07) is 17.9. The number of amides is 2. The molecule has 26 heavy (non-hydrogen) atoms. The third-order valence-corrected chi connectivity index (χ3v) is 4.71. The average molecular weight is 347 g/mol. The van der Waals surface area contributed by atoms with Crippen LogP contribution in [-0.2, 0) is 0 Å². The predicted molar refractivity (Wildman–Crippen MR) is 101 cm³/mol. The number of likely N-dealkylation sites (tertiary alicyclic amines) is 1. The van der Waals surface area contributed by atoms with Gasteiger partial charge in [-0.05, 0) is 25.5 Å². The number of hydrogen-bond acceptors (Lipinski definition) is 3. The number of urea groups is 1. The van der Waals surface area contributed by atoms with Gasteiger partial charge in [0.1, 0.15) is 5.69 Å². The van der Waals surface area contributed by atoms with Crippen molar-refractivity contribution in [1.29, 1.82) is 0 Å². The highest BCUT2D eigenvalue weighted by atomic mass is 16.2. The molecule has 2 heterocycles. The van der Waals surface area contributed by atoms with Gasteiger partial charge in [0.2, 0.25) is 0 Å². The summed E-state index contributed by atoms with van der Waals surface area (Å²) in [6.45, 7) is 3.37. The van der Waals surface area contributed by atoms with E-state index >= 15 is 0 Å². The Labute approximate surface area is 152 Å². The minimum Gasteiger partial charge on any atom is -0.322 e. The first-order chi connectivity index (χ1) is 12.7. The standard InChI is InChI=1S/C20H21N5O/c1-15-7-9-17(10-8-15)21-20(26)24-12-11-18(13-24)25-14-19(22-23-25)16-5-3-2-4-6-16/h2-10,14,18H,11-13H2,1H3,(H,21,26). The lowest BCUT2D eigenvalue weighted by molar-refractivity contribution is 0.220. The van der Waals surface area contributed by atoms with E-state index in [0.29, 0.717) is 13.1 Å². The molecule has 1 aliphatic rings. The maximum absolute atomic E-state index is 12.5. The van der Waals surface area contributed by atoms with Gasteiger partial charge in [0.15, 0.2) is 0 Å². The maximum atomic E-state index is 12.5. The van der Waals surface area contributed by atoms with Crippen molar-refractivity contribution in [3.8, 4) is 11.3 Å². The van der Waals surface area contributed by atoms with Gasteiger partial charge in [-0.25, -0.2) is 9.48 Å². The molecule has 1 aliphatic heterocycles. The lowest BCUT2D eigenvalue weighted by Gasteiger charge is -2.17. The summed E-state index contributed by atoms with van der Waals surface area (Å²) in [5.41, 5.74) is 3.89. The van der Waals surface area contributed by atoms with Crippen molar-refractivity contribution >= 4 is 11.7 Å². The van der Waals surface area contributed by atoms with E-state index in [9.17, 15) is 4.79 Å². The molecule has 0 spiro atoms. The van der Waals surface area contributed by atoms with E-state index < -0.39 is 0 Å². The Morgan fingerprint density at radius 3 is 2.65 bits per heavy atom. The number of nitrogens with zero attached hydrogens (tertiary/aromatic N) is 4. The molecule has 1 N–H and O–H groups in total. The second kappa shape index (κ2) is 7.00. The lowest BCUT2D eigenvalue weighted by atomic mass is 10.2. The quantitative estimate of drug-likeness (QED) is 0.785. The van der Waals surface area contributed by atoms with Gasteiger partial charge in [0.25, 0.3) is 0 Å². The van der Waals surface area contributed by atoms with Crippen molar-refractivity contribution in [1.82, 2.24) is 19.9 Å². The van der Waals surface area contributed by atoms with E-state index in [1.165, 1.54) is 5.56 Å². The molecule has 0 radical (unpaired) electrons. The van der Waals surface area contributed by atoms with Crippen LogP contribution in [-0.4, -0.2) is 39.0 Å². The first-order valence-electron chi connectivity index (χ1n) is 8.79. The Morgan fingerprint density at radius 1 is 1.12 bits per heavy atom. The molecule has 6 heteroatoms. The van der Waals surface area contributed by atoms with E-state index in [2.05, 4.69) is 15.6 Å². The number of aryl methyl sites for hydroxylation is 1. The van der Waals surface area contributed by atoms with E-state index in [1.807, 2.05) is 77.3 Å². The fraction of sp³-hybridized carbons (Fsp3) is 0.250. The van der Waals surface area contributed by atoms with E-state index in [1.54, 1.807) is 0 Å². The number of rotatable bonds is 3. The van der Waals surface area contributed by atoms with Gasteiger partial charge in [-0.3, -0.25) is 0 Å². The Hall–Kier alpha value is -3.15. The maximum Gasteiger partial charge on any atom is 0.321 e. The molecule has 3 aromatic rings. The van der Waals surface area contributed by atoms with Crippen molar-refractivity contribution < 1.29 is 4.79 Å². The number of nitrogens with one attached hydrogen (secondary N) is 1. The molecule has 1 aromatic heterocycles. The lowest BCUT2D eigenvalue weighted by Crippen LogP contribution is -2.33. The Bertz CT molecular complexity index is 888. The van der Waals surface area contributed by atoms with Crippen LogP contribution < -0.4 is 5.32 Å². The van der Waals surface area contributed by atoms with Crippen molar-refractivity contribution in [2.75, 3.05) is 18.4 Å². The molecule has 1 unspecified atom stereocenters. The summed E-state index contributed by atoms with van der Waals surface area (Å²) >= 11 is 0. The zero-order chi connectivity index (χ0) is 17.9. The van der Waals surface area contributed by atoms with E-state index in [0.717, 1.165) is 23.4 Å². The van der Waals surface area contributed by atoms with Crippen LogP contribution in [0.1, 0.15) is 18.0 Å². The summed E-state index contributed by atoms with van der Waals surface area (Å²) < 4.78 is 1.88. The smallest absolute Gasteiger partial charge is 0.321 e. The second-order valence-corrected chi connectivity index (χ2v) is 6.63. The SMILES string of the molecule is Cc1ccc(NC(=O)N2CCC(n3cc(-c4ccccc4)nn3)C2)cc1. The van der Waals surface area contributed by atoms with Gasteiger partial charge in [-0.15, -0.1) is 5.10 Å². The van der Waals surface area contributed by atoms with Crippen LogP contribution in [0.3, 0.4) is 0 Å². The summed E-state index contributed by atoms with van der Waals surface area (Å²) in [5, 5.41) is 11.5. The fourth-order valence-electron chi connectivity index (χ4n) is 3.18. The first kappa shape index (κ1) is 16.3.